The van der Waals surface area contributed by atoms with Gasteiger partial charge in [0.1, 0.15) is 0 Å². The van der Waals surface area contributed by atoms with Crippen LogP contribution in [0.4, 0.5) is 0 Å². The lowest BCUT2D eigenvalue weighted by molar-refractivity contribution is 0.687. The summed E-state index contributed by atoms with van der Waals surface area (Å²) in [5.74, 6) is 0. The molecule has 0 aromatic carbocycles. The minimum atomic E-state index is 1.11. The van der Waals surface area contributed by atoms with Gasteiger partial charge in [0.2, 0.25) is 0 Å². The number of rotatable bonds is 0. The Hall–Kier alpha value is -0.520. The van der Waals surface area contributed by atoms with Gasteiger partial charge >= 0.3 is 0 Å². The summed E-state index contributed by atoms with van der Waals surface area (Å²) in [5, 5.41) is 0. The molecule has 0 saturated heterocycles. The van der Waals surface area contributed by atoms with Crippen molar-refractivity contribution in [2.24, 2.45) is 0 Å². The van der Waals surface area contributed by atoms with E-state index in [1.54, 1.807) is 0 Å². The van der Waals surface area contributed by atoms with E-state index in [1.165, 1.54) is 32.1 Å². The molecule has 61 valence electrons. The van der Waals surface area contributed by atoms with Crippen LogP contribution in [0, 0.1) is 6.42 Å². The summed E-state index contributed by atoms with van der Waals surface area (Å²) in [4.78, 5) is 0. The van der Waals surface area contributed by atoms with Crippen LogP contribution in [-0.4, -0.2) is 0 Å². The number of hydrogen-bond acceptors (Lipinski definition) is 0. The summed E-state index contributed by atoms with van der Waals surface area (Å²) in [5.41, 5.74) is 0. The molecule has 0 spiro atoms. The molecule has 0 bridgehead atoms. The summed E-state index contributed by atoms with van der Waals surface area (Å²) in [6.07, 6.45) is 19.0. The lowest BCUT2D eigenvalue weighted by atomic mass is 10.1. The summed E-state index contributed by atoms with van der Waals surface area (Å²) in [6.45, 7) is 0. The van der Waals surface area contributed by atoms with E-state index in [4.69, 9.17) is 0 Å². The van der Waals surface area contributed by atoms with E-state index < -0.39 is 0 Å². The predicted molar refractivity (Wildman–Crippen MR) is 50.3 cm³/mol. The maximum absolute atomic E-state index is 2.30. The highest BCUT2D eigenvalue weighted by Gasteiger charge is 1.88. The van der Waals surface area contributed by atoms with Gasteiger partial charge in [-0.1, -0.05) is 37.1 Å². The molecule has 0 unspecified atom stereocenters. The second-order valence-electron chi connectivity index (χ2n) is 3.01. The maximum Gasteiger partial charge on any atom is -0.0169 e. The average molecular weight is 149 g/mol. The van der Waals surface area contributed by atoms with Crippen LogP contribution in [0.3, 0.4) is 0 Å². The first-order valence-corrected chi connectivity index (χ1v) is 4.63. The lowest BCUT2D eigenvalue weighted by Crippen LogP contribution is -1.76. The van der Waals surface area contributed by atoms with Crippen LogP contribution in [0.15, 0.2) is 24.3 Å². The Labute approximate surface area is 70.0 Å². The molecular weight excluding hydrogens is 132 g/mol. The van der Waals surface area contributed by atoms with Gasteiger partial charge in [-0.3, -0.25) is 0 Å². The standard InChI is InChI=1S/C11H17/c1-2-4-6-8-10-11-9-7-5-3-1/h1-3,6,8H,4-5,7,9-11H2/b2-1-,8-6-. The Morgan fingerprint density at radius 2 is 1.64 bits per heavy atom. The van der Waals surface area contributed by atoms with E-state index in [2.05, 4.69) is 30.7 Å². The van der Waals surface area contributed by atoms with Crippen molar-refractivity contribution in [1.29, 1.82) is 0 Å². The molecule has 0 aromatic rings. The molecule has 0 heterocycles. The van der Waals surface area contributed by atoms with Crippen molar-refractivity contribution >= 4 is 0 Å². The van der Waals surface area contributed by atoms with Crippen molar-refractivity contribution in [2.75, 3.05) is 0 Å². The predicted octanol–water partition coefficient (Wildman–Crippen LogP) is 3.66. The van der Waals surface area contributed by atoms with Gasteiger partial charge < -0.3 is 0 Å². The third kappa shape index (κ3) is 4.83. The highest BCUT2D eigenvalue weighted by Crippen LogP contribution is 2.07. The minimum absolute atomic E-state index is 1.11. The highest BCUT2D eigenvalue weighted by atomic mass is 13.9. The molecule has 0 aromatic heterocycles. The molecule has 1 aliphatic rings. The Morgan fingerprint density at radius 1 is 0.727 bits per heavy atom. The molecule has 0 saturated carbocycles. The largest absolute Gasteiger partial charge is 0.0882 e. The molecule has 0 amide bonds. The molecule has 11 heavy (non-hydrogen) atoms. The van der Waals surface area contributed by atoms with E-state index in [-0.39, 0.29) is 0 Å². The zero-order valence-corrected chi connectivity index (χ0v) is 7.13. The topological polar surface area (TPSA) is 0 Å². The quantitative estimate of drug-likeness (QED) is 0.461. The Morgan fingerprint density at radius 3 is 2.64 bits per heavy atom. The van der Waals surface area contributed by atoms with E-state index in [0.29, 0.717) is 0 Å². The second-order valence-corrected chi connectivity index (χ2v) is 3.01. The Kier molecular flexibility index (Phi) is 4.84. The van der Waals surface area contributed by atoms with Gasteiger partial charge in [0.15, 0.2) is 0 Å². The van der Waals surface area contributed by atoms with E-state index in [9.17, 15) is 0 Å². The smallest absolute Gasteiger partial charge is 0.0169 e. The molecule has 0 N–H and O–H groups in total. The molecule has 0 aliphatic heterocycles. The highest BCUT2D eigenvalue weighted by molar-refractivity contribution is 4.99. The fraction of sp³-hybridized carbons (Fsp3) is 0.545. The lowest BCUT2D eigenvalue weighted by Gasteiger charge is -1.94. The van der Waals surface area contributed by atoms with Gasteiger partial charge in [-0.2, -0.15) is 0 Å². The molecule has 0 atom stereocenters. The molecular formula is C11H17. The monoisotopic (exact) mass is 149 g/mol. The molecule has 0 fully saturated rings. The van der Waals surface area contributed by atoms with E-state index in [1.807, 2.05) is 0 Å². The third-order valence-electron chi connectivity index (χ3n) is 1.95. The van der Waals surface area contributed by atoms with Crippen LogP contribution in [-0.2, 0) is 0 Å². The van der Waals surface area contributed by atoms with Gasteiger partial charge in [0, 0.05) is 0 Å². The molecule has 0 nitrogen and oxygen atoms in total. The van der Waals surface area contributed by atoms with Gasteiger partial charge in [-0.25, -0.2) is 0 Å². The zero-order valence-electron chi connectivity index (χ0n) is 7.13. The van der Waals surface area contributed by atoms with Crippen LogP contribution in [0.2, 0.25) is 0 Å². The first-order chi connectivity index (χ1) is 5.50. The molecule has 1 aliphatic carbocycles. The third-order valence-corrected chi connectivity index (χ3v) is 1.95. The van der Waals surface area contributed by atoms with Crippen LogP contribution >= 0.6 is 0 Å². The van der Waals surface area contributed by atoms with Crippen molar-refractivity contribution in [2.45, 2.75) is 38.5 Å². The van der Waals surface area contributed by atoms with E-state index in [0.717, 1.165) is 6.42 Å². The van der Waals surface area contributed by atoms with E-state index >= 15 is 0 Å². The average Bonchev–Trinajstić information content (AvgIpc) is 2.08. The Bertz CT molecular complexity index is 115. The normalized spacial score (nSPS) is 26.9. The SMILES string of the molecule is [CH]1/C=C\C/C=C\CCCCC1. The van der Waals surface area contributed by atoms with Gasteiger partial charge in [0.25, 0.3) is 0 Å². The zero-order chi connectivity index (χ0) is 7.78. The van der Waals surface area contributed by atoms with Crippen molar-refractivity contribution in [3.05, 3.63) is 30.7 Å². The maximum atomic E-state index is 2.30. The Balaban J connectivity index is 2.22. The summed E-state index contributed by atoms with van der Waals surface area (Å²) >= 11 is 0. The first kappa shape index (κ1) is 8.58. The van der Waals surface area contributed by atoms with Crippen molar-refractivity contribution < 1.29 is 0 Å². The van der Waals surface area contributed by atoms with Gasteiger partial charge in [-0.15, -0.1) is 0 Å². The van der Waals surface area contributed by atoms with Gasteiger partial charge in [-0.05, 0) is 32.1 Å². The van der Waals surface area contributed by atoms with Crippen LogP contribution in [0.1, 0.15) is 38.5 Å². The summed E-state index contributed by atoms with van der Waals surface area (Å²) < 4.78 is 0. The fourth-order valence-electron chi connectivity index (χ4n) is 1.26. The summed E-state index contributed by atoms with van der Waals surface area (Å²) in [7, 11) is 0. The summed E-state index contributed by atoms with van der Waals surface area (Å²) in [6, 6.07) is 0. The molecule has 1 radical (unpaired) electrons. The van der Waals surface area contributed by atoms with Crippen LogP contribution in [0.25, 0.3) is 0 Å². The van der Waals surface area contributed by atoms with Crippen LogP contribution in [0.5, 0.6) is 0 Å². The van der Waals surface area contributed by atoms with Crippen molar-refractivity contribution in [1.82, 2.24) is 0 Å². The fourth-order valence-corrected chi connectivity index (χ4v) is 1.26. The number of allylic oxidation sites excluding steroid dienone is 4. The van der Waals surface area contributed by atoms with Crippen molar-refractivity contribution in [3.8, 4) is 0 Å². The molecule has 1 rings (SSSR count). The molecule has 0 heteroatoms. The first-order valence-electron chi connectivity index (χ1n) is 4.63. The van der Waals surface area contributed by atoms with Gasteiger partial charge in [0.05, 0.1) is 0 Å². The van der Waals surface area contributed by atoms with Crippen molar-refractivity contribution in [3.63, 3.8) is 0 Å². The number of hydrogen-bond donors (Lipinski definition) is 0. The minimum Gasteiger partial charge on any atom is -0.0882 e. The van der Waals surface area contributed by atoms with Crippen LogP contribution < -0.4 is 0 Å². The second kappa shape index (κ2) is 6.21.